The van der Waals surface area contributed by atoms with Crippen molar-refractivity contribution in [3.05, 3.63) is 66.2 Å². The molecule has 0 bridgehead atoms. The van der Waals surface area contributed by atoms with E-state index in [0.29, 0.717) is 11.4 Å². The van der Waals surface area contributed by atoms with Crippen LogP contribution in [0.25, 0.3) is 0 Å². The molecule has 0 saturated heterocycles. The fourth-order valence-electron chi connectivity index (χ4n) is 2.17. The van der Waals surface area contributed by atoms with Gasteiger partial charge in [0.1, 0.15) is 28.5 Å². The SMILES string of the molecule is O=C(O)c1cc(/N=N/c2ccc(/N=N/c3ccc(O)cc3O)cc2)ccc1O. The first-order valence-corrected chi connectivity index (χ1v) is 7.94. The van der Waals surface area contributed by atoms with Crippen molar-refractivity contribution in [2.75, 3.05) is 0 Å². The molecule has 3 aromatic rings. The number of carboxylic acids is 1. The number of phenols is 3. The second kappa shape index (κ2) is 7.96. The number of aromatic carboxylic acids is 1. The van der Waals surface area contributed by atoms with Crippen LogP contribution in [0.15, 0.2) is 81.1 Å². The summed E-state index contributed by atoms with van der Waals surface area (Å²) in [5.74, 6) is -1.87. The number of nitrogens with zero attached hydrogens (tertiary/aromatic N) is 4. The number of carbonyl (C=O) groups is 1. The molecular formula is C19H14N4O5. The van der Waals surface area contributed by atoms with Crippen LogP contribution in [0.3, 0.4) is 0 Å². The predicted molar refractivity (Wildman–Crippen MR) is 99.6 cm³/mol. The fraction of sp³-hybridized carbons (Fsp3) is 0. The van der Waals surface area contributed by atoms with Crippen LogP contribution in [0.1, 0.15) is 10.4 Å². The first-order valence-electron chi connectivity index (χ1n) is 7.94. The lowest BCUT2D eigenvalue weighted by Gasteiger charge is -2.00. The molecule has 0 spiro atoms. The average Bonchev–Trinajstić information content (AvgIpc) is 2.67. The Labute approximate surface area is 158 Å². The van der Waals surface area contributed by atoms with Gasteiger partial charge < -0.3 is 20.4 Å². The quantitative estimate of drug-likeness (QED) is 0.443. The minimum atomic E-state index is -1.26. The number of phenolic OH excluding ortho intramolecular Hbond substituents is 2. The molecule has 0 aliphatic heterocycles. The number of aromatic hydroxyl groups is 3. The van der Waals surface area contributed by atoms with Gasteiger partial charge in [0, 0.05) is 6.07 Å². The summed E-state index contributed by atoms with van der Waals surface area (Å²) in [7, 11) is 0. The molecule has 9 nitrogen and oxygen atoms in total. The molecule has 0 heterocycles. The van der Waals surface area contributed by atoms with Crippen LogP contribution in [0.2, 0.25) is 0 Å². The van der Waals surface area contributed by atoms with Crippen molar-refractivity contribution in [1.82, 2.24) is 0 Å². The van der Waals surface area contributed by atoms with Crippen LogP contribution >= 0.6 is 0 Å². The van der Waals surface area contributed by atoms with E-state index in [1.807, 2.05) is 0 Å². The van der Waals surface area contributed by atoms with Gasteiger partial charge in [0.25, 0.3) is 0 Å². The van der Waals surface area contributed by atoms with Crippen molar-refractivity contribution in [2.24, 2.45) is 20.5 Å². The molecule has 0 fully saturated rings. The molecule has 0 atom stereocenters. The van der Waals surface area contributed by atoms with Crippen molar-refractivity contribution in [2.45, 2.75) is 0 Å². The van der Waals surface area contributed by atoms with Crippen molar-refractivity contribution in [1.29, 1.82) is 0 Å². The Hall–Kier alpha value is -4.27. The Bertz CT molecular complexity index is 1080. The zero-order chi connectivity index (χ0) is 20.1. The summed E-state index contributed by atoms with van der Waals surface area (Å²) in [4.78, 5) is 11.0. The highest BCUT2D eigenvalue weighted by atomic mass is 16.4. The van der Waals surface area contributed by atoms with Gasteiger partial charge in [0.2, 0.25) is 0 Å². The normalized spacial score (nSPS) is 11.3. The molecule has 0 radical (unpaired) electrons. The smallest absolute Gasteiger partial charge is 0.339 e. The maximum Gasteiger partial charge on any atom is 0.339 e. The van der Waals surface area contributed by atoms with Crippen LogP contribution in [0.4, 0.5) is 22.7 Å². The number of hydrogen-bond donors (Lipinski definition) is 4. The summed E-state index contributed by atoms with van der Waals surface area (Å²) in [6.45, 7) is 0. The van der Waals surface area contributed by atoms with Crippen LogP contribution < -0.4 is 0 Å². The lowest BCUT2D eigenvalue weighted by molar-refractivity contribution is 0.0693. The van der Waals surface area contributed by atoms with E-state index in [0.717, 1.165) is 6.07 Å². The minimum absolute atomic E-state index is 0.0738. The molecule has 3 aromatic carbocycles. The van der Waals surface area contributed by atoms with E-state index in [1.165, 1.54) is 30.3 Å². The molecule has 140 valence electrons. The largest absolute Gasteiger partial charge is 0.508 e. The lowest BCUT2D eigenvalue weighted by atomic mass is 10.2. The first-order chi connectivity index (χ1) is 13.4. The maximum absolute atomic E-state index is 11.0. The summed E-state index contributed by atoms with van der Waals surface area (Å²) in [5, 5.41) is 53.2. The molecule has 3 rings (SSSR count). The minimum Gasteiger partial charge on any atom is -0.508 e. The van der Waals surface area contributed by atoms with Gasteiger partial charge in [0.15, 0.2) is 0 Å². The molecule has 28 heavy (non-hydrogen) atoms. The summed E-state index contributed by atoms with van der Waals surface area (Å²) in [5.41, 5.74) is 1.23. The lowest BCUT2D eigenvalue weighted by Crippen LogP contribution is -1.95. The fourth-order valence-corrected chi connectivity index (χ4v) is 2.17. The Balaban J connectivity index is 1.72. The van der Waals surface area contributed by atoms with Crippen molar-refractivity contribution >= 4 is 28.7 Å². The number of hydrogen-bond acceptors (Lipinski definition) is 8. The van der Waals surface area contributed by atoms with Gasteiger partial charge in [-0.25, -0.2) is 4.79 Å². The molecule has 0 amide bonds. The van der Waals surface area contributed by atoms with Crippen molar-refractivity contribution in [3.8, 4) is 17.2 Å². The first kappa shape index (κ1) is 18.5. The highest BCUT2D eigenvalue weighted by molar-refractivity contribution is 5.91. The molecule has 0 aliphatic carbocycles. The Morgan fingerprint density at radius 3 is 1.82 bits per heavy atom. The summed E-state index contributed by atoms with van der Waals surface area (Å²) in [6.07, 6.45) is 0. The van der Waals surface area contributed by atoms with E-state index >= 15 is 0 Å². The molecule has 0 aliphatic rings. The van der Waals surface area contributed by atoms with Crippen LogP contribution in [-0.2, 0) is 0 Å². The van der Waals surface area contributed by atoms with Gasteiger partial charge >= 0.3 is 5.97 Å². The third kappa shape index (κ3) is 4.47. The van der Waals surface area contributed by atoms with Gasteiger partial charge in [-0.3, -0.25) is 0 Å². The van der Waals surface area contributed by atoms with Crippen molar-refractivity contribution in [3.63, 3.8) is 0 Å². The Kier molecular flexibility index (Phi) is 5.26. The Morgan fingerprint density at radius 2 is 1.21 bits per heavy atom. The van der Waals surface area contributed by atoms with E-state index in [9.17, 15) is 20.1 Å². The third-order valence-electron chi connectivity index (χ3n) is 3.57. The second-order valence-electron chi connectivity index (χ2n) is 5.60. The molecule has 0 saturated carbocycles. The van der Waals surface area contributed by atoms with Gasteiger partial charge in [-0.15, -0.1) is 5.11 Å². The monoisotopic (exact) mass is 378 g/mol. The molecule has 0 unspecified atom stereocenters. The van der Waals surface area contributed by atoms with E-state index in [-0.39, 0.29) is 34.2 Å². The Morgan fingerprint density at radius 1 is 0.643 bits per heavy atom. The standard InChI is InChI=1S/C19H14N4O5/c24-14-6-7-16(18(26)10-14)23-21-12-3-1-11(2-4-12)20-22-13-5-8-17(25)15(9-13)19(27)28/h1-10,24-26H,(H,27,28)/b22-20+,23-21+. The zero-order valence-corrected chi connectivity index (χ0v) is 14.3. The number of carboxylic acid groups (broad SMARTS) is 1. The molecule has 0 aromatic heterocycles. The van der Waals surface area contributed by atoms with E-state index in [1.54, 1.807) is 24.3 Å². The highest BCUT2D eigenvalue weighted by Gasteiger charge is 2.09. The summed E-state index contributed by atoms with van der Waals surface area (Å²) < 4.78 is 0. The summed E-state index contributed by atoms with van der Waals surface area (Å²) >= 11 is 0. The van der Waals surface area contributed by atoms with E-state index < -0.39 is 5.97 Å². The predicted octanol–water partition coefficient (Wildman–Crippen LogP) is 5.33. The number of azo groups is 2. The van der Waals surface area contributed by atoms with Crippen molar-refractivity contribution < 1.29 is 25.2 Å². The van der Waals surface area contributed by atoms with Gasteiger partial charge in [-0.1, -0.05) is 0 Å². The second-order valence-corrected chi connectivity index (χ2v) is 5.60. The number of benzene rings is 3. The van der Waals surface area contributed by atoms with Crippen LogP contribution in [0, 0.1) is 0 Å². The highest BCUT2D eigenvalue weighted by Crippen LogP contribution is 2.31. The third-order valence-corrected chi connectivity index (χ3v) is 3.57. The van der Waals surface area contributed by atoms with Gasteiger partial charge in [0.05, 0.1) is 17.1 Å². The van der Waals surface area contributed by atoms with Gasteiger partial charge in [-0.05, 0) is 54.6 Å². The topological polar surface area (TPSA) is 147 Å². The molecule has 9 heteroatoms. The van der Waals surface area contributed by atoms with Crippen LogP contribution in [-0.4, -0.2) is 26.4 Å². The zero-order valence-electron chi connectivity index (χ0n) is 14.3. The van der Waals surface area contributed by atoms with Gasteiger partial charge in [-0.2, -0.15) is 15.3 Å². The number of rotatable bonds is 5. The molecular weight excluding hydrogens is 364 g/mol. The molecule has 4 N–H and O–H groups in total. The summed E-state index contributed by atoms with van der Waals surface area (Å²) in [6, 6.07) is 14.4. The maximum atomic E-state index is 11.0. The van der Waals surface area contributed by atoms with E-state index in [4.69, 9.17) is 5.11 Å². The van der Waals surface area contributed by atoms with Crippen LogP contribution in [0.5, 0.6) is 17.2 Å². The van der Waals surface area contributed by atoms with E-state index in [2.05, 4.69) is 20.5 Å². The average molecular weight is 378 g/mol.